The third kappa shape index (κ3) is 2.41. The van der Waals surface area contributed by atoms with Crippen LogP contribution < -0.4 is 16.4 Å². The first-order chi connectivity index (χ1) is 13.4. The topological polar surface area (TPSA) is 142 Å². The average Bonchev–Trinajstić information content (AvgIpc) is 3.27. The van der Waals surface area contributed by atoms with E-state index in [4.69, 9.17) is 19.9 Å². The zero-order valence-electron chi connectivity index (χ0n) is 16.0. The lowest BCUT2D eigenvalue weighted by molar-refractivity contribution is -0.137. The molecular weight excluding hydrogens is 368 g/mol. The van der Waals surface area contributed by atoms with Gasteiger partial charge in [0.1, 0.15) is 6.61 Å². The van der Waals surface area contributed by atoms with Crippen molar-refractivity contribution in [2.75, 3.05) is 40.5 Å². The maximum Gasteiger partial charge on any atom is 0.404 e. The molecule has 0 aromatic rings. The second-order valence-corrected chi connectivity index (χ2v) is 7.34. The van der Waals surface area contributed by atoms with E-state index >= 15 is 0 Å². The molecule has 0 unspecified atom stereocenters. The fourth-order valence-electron chi connectivity index (χ4n) is 4.78. The van der Waals surface area contributed by atoms with E-state index in [1.165, 1.54) is 7.11 Å². The number of hydrogen-bond acceptors (Lipinski definition) is 9. The number of carbonyl (C=O) groups is 3. The molecule has 4 atom stereocenters. The molecule has 3 heterocycles. The van der Waals surface area contributed by atoms with Gasteiger partial charge in [0.05, 0.1) is 30.0 Å². The molecule has 0 spiro atoms. The summed E-state index contributed by atoms with van der Waals surface area (Å²) in [6.45, 7) is 2.81. The normalized spacial score (nSPS) is 33.1. The largest absolute Gasteiger partial charge is 0.449 e. The van der Waals surface area contributed by atoms with Crippen LogP contribution >= 0.6 is 0 Å². The quantitative estimate of drug-likeness (QED) is 0.272. The van der Waals surface area contributed by atoms with E-state index in [1.54, 1.807) is 14.0 Å². The van der Waals surface area contributed by atoms with Gasteiger partial charge in [0, 0.05) is 44.5 Å². The number of primary amides is 1. The van der Waals surface area contributed by atoms with Crippen LogP contribution in [0, 0.1) is 5.92 Å². The highest BCUT2D eigenvalue weighted by Gasteiger charge is 2.72. The van der Waals surface area contributed by atoms with Crippen molar-refractivity contribution in [2.24, 2.45) is 11.7 Å². The van der Waals surface area contributed by atoms with Crippen LogP contribution in [0.4, 0.5) is 4.79 Å². The molecule has 2 fully saturated rings. The summed E-state index contributed by atoms with van der Waals surface area (Å²) in [5, 5.41) is 6.33. The van der Waals surface area contributed by atoms with Crippen LogP contribution in [0.25, 0.3) is 0 Å². The van der Waals surface area contributed by atoms with Crippen LogP contribution in [0.15, 0.2) is 22.5 Å². The van der Waals surface area contributed by atoms with Crippen molar-refractivity contribution in [3.05, 3.63) is 22.5 Å². The van der Waals surface area contributed by atoms with Gasteiger partial charge in [-0.25, -0.2) is 4.79 Å². The second kappa shape index (κ2) is 6.57. The molecule has 4 N–H and O–H groups in total. The molecule has 2 saturated heterocycles. The number of amides is 1. The molecule has 152 valence electrons. The summed E-state index contributed by atoms with van der Waals surface area (Å²) in [6, 6.07) is 0.105. The van der Waals surface area contributed by atoms with Crippen molar-refractivity contribution < 1.29 is 28.6 Å². The summed E-state index contributed by atoms with van der Waals surface area (Å²) in [5.41, 5.74) is 5.46. The van der Waals surface area contributed by atoms with Crippen molar-refractivity contribution in [2.45, 2.75) is 24.7 Å². The summed E-state index contributed by atoms with van der Waals surface area (Å²) >= 11 is 0. The Hall–Kier alpha value is -2.43. The van der Waals surface area contributed by atoms with Gasteiger partial charge in [-0.15, -0.1) is 0 Å². The molecule has 1 aliphatic carbocycles. The number of ether oxygens (including phenoxy) is 3. The van der Waals surface area contributed by atoms with Gasteiger partial charge < -0.3 is 35.5 Å². The van der Waals surface area contributed by atoms with Crippen molar-refractivity contribution >= 4 is 17.7 Å². The lowest BCUT2D eigenvalue weighted by Crippen LogP contribution is -2.55. The van der Waals surface area contributed by atoms with E-state index in [0.717, 1.165) is 0 Å². The maximum atomic E-state index is 13.4. The molecular formula is C18H24N4O6. The number of piperazine rings is 1. The molecule has 0 saturated carbocycles. The molecule has 0 radical (unpaired) electrons. The van der Waals surface area contributed by atoms with E-state index in [-0.39, 0.29) is 36.0 Å². The first kappa shape index (κ1) is 18.9. The number of Topliss-reactive ketones (excluding diaryl/α,β-unsaturated/α-hetero) is 2. The smallest absolute Gasteiger partial charge is 0.404 e. The van der Waals surface area contributed by atoms with E-state index in [9.17, 15) is 14.4 Å². The molecule has 4 aliphatic rings. The summed E-state index contributed by atoms with van der Waals surface area (Å²) in [5.74, 6) is -1.14. The Labute approximate surface area is 162 Å². The minimum Gasteiger partial charge on any atom is -0.449 e. The highest BCUT2D eigenvalue weighted by atomic mass is 16.6. The first-order valence-electron chi connectivity index (χ1n) is 9.16. The lowest BCUT2D eigenvalue weighted by atomic mass is 9.82. The number of fused-ring (bicyclic) bond motifs is 4. The monoisotopic (exact) mass is 392 g/mol. The Morgan fingerprint density at radius 3 is 2.75 bits per heavy atom. The van der Waals surface area contributed by atoms with Crippen molar-refractivity contribution in [3.63, 3.8) is 0 Å². The van der Waals surface area contributed by atoms with Crippen LogP contribution in [0.2, 0.25) is 0 Å². The van der Waals surface area contributed by atoms with Gasteiger partial charge in [-0.3, -0.25) is 9.59 Å². The van der Waals surface area contributed by atoms with E-state index < -0.39 is 17.7 Å². The summed E-state index contributed by atoms with van der Waals surface area (Å²) in [4.78, 5) is 39.7. The maximum absolute atomic E-state index is 13.4. The van der Waals surface area contributed by atoms with E-state index in [1.807, 2.05) is 4.90 Å². The third-order valence-corrected chi connectivity index (χ3v) is 6.04. The summed E-state index contributed by atoms with van der Waals surface area (Å²) in [6.07, 6.45) is -0.940. The number of rotatable bonds is 7. The first-order valence-corrected chi connectivity index (χ1v) is 9.16. The molecule has 10 heteroatoms. The molecule has 1 amide bonds. The molecule has 0 bridgehead atoms. The van der Waals surface area contributed by atoms with Gasteiger partial charge in [0.15, 0.2) is 5.72 Å². The number of ketones is 2. The minimum atomic E-state index is -0.960. The minimum absolute atomic E-state index is 0.0598. The van der Waals surface area contributed by atoms with Crippen LogP contribution in [0.1, 0.15) is 6.92 Å². The SMILES string of the molecule is COCCNC1=C(C)C(=O)C2=C(C1=O)[C@@H](COC(N)=O)[C@@]1(OC)[C@H]3N[C@H]3CN21. The highest BCUT2D eigenvalue weighted by molar-refractivity contribution is 6.25. The van der Waals surface area contributed by atoms with E-state index in [2.05, 4.69) is 10.6 Å². The molecule has 3 aliphatic heterocycles. The summed E-state index contributed by atoms with van der Waals surface area (Å²) in [7, 11) is 3.10. The standard InChI is InChI=1S/C18H24N4O6/c1-8-12(20-4-5-26-2)15(24)11-9(7-28-17(19)25)18(27-3)16-10(21-16)6-22(18)13(11)14(8)23/h9-10,16,20-21H,4-7H2,1-3H3,(H2,19,25)/t9-,10+,16+,18-/m1/s1. The molecule has 0 aromatic heterocycles. The van der Waals surface area contributed by atoms with Gasteiger partial charge in [0.2, 0.25) is 11.6 Å². The molecule has 0 aromatic carbocycles. The molecule has 10 nitrogen and oxygen atoms in total. The number of hydrogen-bond donors (Lipinski definition) is 3. The lowest BCUT2D eigenvalue weighted by Gasteiger charge is -2.39. The Kier molecular flexibility index (Phi) is 4.44. The van der Waals surface area contributed by atoms with Crippen LogP contribution in [0.3, 0.4) is 0 Å². The average molecular weight is 392 g/mol. The fraction of sp³-hybridized carbons (Fsp3) is 0.611. The molecule has 28 heavy (non-hydrogen) atoms. The zero-order valence-corrected chi connectivity index (χ0v) is 16.0. The van der Waals surface area contributed by atoms with Gasteiger partial charge in [-0.2, -0.15) is 0 Å². The number of allylic oxidation sites excluding steroid dienone is 2. The summed E-state index contributed by atoms with van der Waals surface area (Å²) < 4.78 is 16.0. The van der Waals surface area contributed by atoms with Gasteiger partial charge in [-0.05, 0) is 6.92 Å². The van der Waals surface area contributed by atoms with Gasteiger partial charge in [0.25, 0.3) is 0 Å². The number of nitrogens with zero attached hydrogens (tertiary/aromatic N) is 1. The van der Waals surface area contributed by atoms with Crippen molar-refractivity contribution in [1.82, 2.24) is 15.5 Å². The fourth-order valence-corrected chi connectivity index (χ4v) is 4.78. The van der Waals surface area contributed by atoms with Gasteiger partial charge >= 0.3 is 6.09 Å². The Morgan fingerprint density at radius 2 is 2.11 bits per heavy atom. The third-order valence-electron chi connectivity index (χ3n) is 6.04. The van der Waals surface area contributed by atoms with Crippen LogP contribution in [0.5, 0.6) is 0 Å². The van der Waals surface area contributed by atoms with Crippen molar-refractivity contribution in [3.8, 4) is 0 Å². The number of methoxy groups -OCH3 is 2. The Balaban J connectivity index is 1.74. The van der Waals surface area contributed by atoms with E-state index in [0.29, 0.717) is 36.5 Å². The number of nitrogens with one attached hydrogen (secondary N) is 2. The predicted molar refractivity (Wildman–Crippen MR) is 95.8 cm³/mol. The predicted octanol–water partition coefficient (Wildman–Crippen LogP) is -1.37. The van der Waals surface area contributed by atoms with Gasteiger partial charge in [-0.1, -0.05) is 0 Å². The Bertz CT molecular complexity index is 821. The Morgan fingerprint density at radius 1 is 1.36 bits per heavy atom. The van der Waals surface area contributed by atoms with Crippen LogP contribution in [-0.2, 0) is 23.8 Å². The highest BCUT2D eigenvalue weighted by Crippen LogP contribution is 2.55. The van der Waals surface area contributed by atoms with Crippen LogP contribution in [-0.4, -0.2) is 80.9 Å². The van der Waals surface area contributed by atoms with Crippen molar-refractivity contribution in [1.29, 1.82) is 0 Å². The number of nitrogens with two attached hydrogens (primary N) is 1. The second-order valence-electron chi connectivity index (χ2n) is 7.34. The molecule has 4 rings (SSSR count). The number of carbonyl (C=O) groups excluding carboxylic acids is 3. The zero-order chi connectivity index (χ0) is 20.2.